The van der Waals surface area contributed by atoms with Crippen LogP contribution in [0.25, 0.3) is 6.08 Å². The Morgan fingerprint density at radius 2 is 1.67 bits per heavy atom. The molecule has 9 heteroatoms. The number of aromatic hydroxyl groups is 2. The Hall–Kier alpha value is -4.76. The molecule has 6 rings (SSSR count). The predicted octanol–water partition coefficient (Wildman–Crippen LogP) is 6.28. The molecule has 4 unspecified atom stereocenters. The molecule has 3 aromatic carbocycles. The average molecular weight is 613 g/mol. The maximum Gasteiger partial charge on any atom is 0.250 e. The van der Waals surface area contributed by atoms with Gasteiger partial charge in [0.05, 0.1) is 14.2 Å². The number of para-hydroxylation sites is 1. The lowest BCUT2D eigenvalue weighted by Crippen LogP contribution is -2.53. The summed E-state index contributed by atoms with van der Waals surface area (Å²) in [4.78, 5) is 30.6. The quantitative estimate of drug-likeness (QED) is 0.139. The summed E-state index contributed by atoms with van der Waals surface area (Å²) in [6, 6.07) is 17.1. The number of aliphatic hydroxyl groups is 1. The highest BCUT2D eigenvalue weighted by atomic mass is 16.5. The van der Waals surface area contributed by atoms with Crippen LogP contribution in [-0.2, 0) is 15.1 Å². The Kier molecular flexibility index (Phi) is 9.20. The summed E-state index contributed by atoms with van der Waals surface area (Å²) in [6.45, 7) is 4.64. The van der Waals surface area contributed by atoms with Crippen molar-refractivity contribution in [2.45, 2.75) is 50.6 Å². The standard InChI is InChI=1S/C34H34N2O7.C2H6/c1-42-29-17-20(11-14-26(29)38)10-13-22(37)19-28(40)31-25-9-5-6-16-36(25)34(23-7-3-4-8-24(23)35-33(34)41)32(31)21-12-15-27(39)30(18-21)43-2;1-2/h3-4,7-8,10-15,17-19,25,31-32,37-39H,5-6,9,16H2,1-2H3,(H,35,41);1-2H3/b13-10+,22-19-;. The molecule has 45 heavy (non-hydrogen) atoms. The highest BCUT2D eigenvalue weighted by Crippen LogP contribution is 2.61. The maximum atomic E-state index is 14.3. The number of hydrogen-bond acceptors (Lipinski definition) is 8. The Morgan fingerprint density at radius 1 is 0.978 bits per heavy atom. The molecule has 236 valence electrons. The largest absolute Gasteiger partial charge is 0.508 e. The van der Waals surface area contributed by atoms with Gasteiger partial charge in [-0.3, -0.25) is 14.5 Å². The summed E-state index contributed by atoms with van der Waals surface area (Å²) in [5.74, 6) is -1.53. The van der Waals surface area contributed by atoms with E-state index < -0.39 is 17.4 Å². The number of amides is 1. The molecule has 4 atom stereocenters. The number of phenols is 2. The normalized spacial score (nSPS) is 24.0. The minimum absolute atomic E-state index is 0.00350. The monoisotopic (exact) mass is 612 g/mol. The number of aliphatic hydroxyl groups excluding tert-OH is 1. The lowest BCUT2D eigenvalue weighted by molar-refractivity contribution is -0.128. The molecule has 0 aliphatic carbocycles. The third kappa shape index (κ3) is 5.42. The fraction of sp³-hybridized carbons (Fsp3) is 0.333. The molecule has 3 aliphatic heterocycles. The van der Waals surface area contributed by atoms with E-state index in [-0.39, 0.29) is 46.5 Å². The summed E-state index contributed by atoms with van der Waals surface area (Å²) >= 11 is 0. The van der Waals surface area contributed by atoms with Crippen LogP contribution in [0, 0.1) is 5.92 Å². The zero-order valence-corrected chi connectivity index (χ0v) is 26.0. The smallest absolute Gasteiger partial charge is 0.250 e. The van der Waals surface area contributed by atoms with Crippen molar-refractivity contribution in [3.63, 3.8) is 0 Å². The number of phenolic OH excluding ortho intramolecular Hbond substituents is 2. The first-order valence-corrected chi connectivity index (χ1v) is 15.3. The van der Waals surface area contributed by atoms with Crippen molar-refractivity contribution in [1.29, 1.82) is 0 Å². The van der Waals surface area contributed by atoms with E-state index in [4.69, 9.17) is 9.47 Å². The van der Waals surface area contributed by atoms with Crippen LogP contribution >= 0.6 is 0 Å². The molecular weight excluding hydrogens is 572 g/mol. The van der Waals surface area contributed by atoms with Crippen LogP contribution in [0.15, 0.2) is 78.6 Å². The number of carbonyl (C=O) groups is 2. The van der Waals surface area contributed by atoms with Gasteiger partial charge >= 0.3 is 0 Å². The number of fused-ring (bicyclic) bond motifs is 4. The molecule has 0 saturated carbocycles. The van der Waals surface area contributed by atoms with Crippen LogP contribution < -0.4 is 14.8 Å². The molecule has 3 heterocycles. The first kappa shape index (κ1) is 31.7. The zero-order valence-electron chi connectivity index (χ0n) is 26.0. The number of ketones is 1. The number of nitrogens with zero attached hydrogens (tertiary/aromatic N) is 1. The number of hydrogen-bond donors (Lipinski definition) is 4. The second-order valence-corrected chi connectivity index (χ2v) is 11.2. The molecular formula is C36H40N2O7. The molecule has 0 bridgehead atoms. The number of piperidine rings is 1. The summed E-state index contributed by atoms with van der Waals surface area (Å²) in [5.41, 5.74) is 1.72. The molecule has 2 saturated heterocycles. The number of ether oxygens (including phenoxy) is 2. The zero-order chi connectivity index (χ0) is 32.3. The van der Waals surface area contributed by atoms with Crippen molar-refractivity contribution in [1.82, 2.24) is 4.90 Å². The highest BCUT2D eigenvalue weighted by molar-refractivity contribution is 6.08. The van der Waals surface area contributed by atoms with Crippen molar-refractivity contribution in [2.24, 2.45) is 5.92 Å². The van der Waals surface area contributed by atoms with E-state index in [0.29, 0.717) is 23.4 Å². The van der Waals surface area contributed by atoms with E-state index in [1.807, 2.05) is 38.1 Å². The predicted molar refractivity (Wildman–Crippen MR) is 173 cm³/mol. The number of methoxy groups -OCH3 is 2. The molecule has 9 nitrogen and oxygen atoms in total. The van der Waals surface area contributed by atoms with Crippen molar-refractivity contribution in [2.75, 3.05) is 26.1 Å². The van der Waals surface area contributed by atoms with Gasteiger partial charge in [0.2, 0.25) is 5.91 Å². The minimum Gasteiger partial charge on any atom is -0.508 e. The molecule has 0 radical (unpaired) electrons. The van der Waals surface area contributed by atoms with Gasteiger partial charge in [-0.1, -0.05) is 56.7 Å². The van der Waals surface area contributed by atoms with Crippen molar-refractivity contribution in [3.8, 4) is 23.0 Å². The van der Waals surface area contributed by atoms with E-state index in [0.717, 1.165) is 24.8 Å². The number of nitrogens with one attached hydrogen (secondary N) is 1. The first-order chi connectivity index (χ1) is 21.8. The molecule has 2 fully saturated rings. The second-order valence-electron chi connectivity index (χ2n) is 11.2. The van der Waals surface area contributed by atoms with E-state index in [1.54, 1.807) is 30.3 Å². The third-order valence-corrected chi connectivity index (χ3v) is 8.99. The molecule has 3 aromatic rings. The fourth-order valence-electron chi connectivity index (χ4n) is 7.25. The highest BCUT2D eigenvalue weighted by Gasteiger charge is 2.67. The van der Waals surface area contributed by atoms with Gasteiger partial charge in [-0.15, -0.1) is 0 Å². The number of allylic oxidation sites excluding steroid dienone is 2. The number of benzene rings is 3. The summed E-state index contributed by atoms with van der Waals surface area (Å²) in [5, 5.41) is 34.2. The number of carbonyl (C=O) groups excluding carboxylic acids is 2. The topological polar surface area (TPSA) is 129 Å². The average Bonchev–Trinajstić information content (AvgIpc) is 3.54. The van der Waals surface area contributed by atoms with Gasteiger partial charge in [0.1, 0.15) is 11.3 Å². The fourth-order valence-corrected chi connectivity index (χ4v) is 7.25. The molecule has 1 spiro atoms. The van der Waals surface area contributed by atoms with Gasteiger partial charge in [-0.05, 0) is 66.9 Å². The molecule has 1 amide bonds. The van der Waals surface area contributed by atoms with Crippen LogP contribution in [0.2, 0.25) is 0 Å². The van der Waals surface area contributed by atoms with Gasteiger partial charge in [0.25, 0.3) is 0 Å². The van der Waals surface area contributed by atoms with E-state index in [9.17, 15) is 24.9 Å². The van der Waals surface area contributed by atoms with Gasteiger partial charge in [0, 0.05) is 35.2 Å². The van der Waals surface area contributed by atoms with Crippen LogP contribution in [-0.4, -0.2) is 58.7 Å². The van der Waals surface area contributed by atoms with Crippen LogP contribution in [0.4, 0.5) is 5.69 Å². The van der Waals surface area contributed by atoms with Crippen LogP contribution in [0.5, 0.6) is 23.0 Å². The second kappa shape index (κ2) is 13.1. The first-order valence-electron chi connectivity index (χ1n) is 15.3. The van der Waals surface area contributed by atoms with Crippen molar-refractivity contribution < 1.29 is 34.4 Å². The van der Waals surface area contributed by atoms with Crippen molar-refractivity contribution >= 4 is 23.5 Å². The van der Waals surface area contributed by atoms with E-state index >= 15 is 0 Å². The maximum absolute atomic E-state index is 14.3. The lowest BCUT2D eigenvalue weighted by atomic mass is 9.70. The van der Waals surface area contributed by atoms with Gasteiger partial charge in [0.15, 0.2) is 28.8 Å². The van der Waals surface area contributed by atoms with Crippen LogP contribution in [0.1, 0.15) is 55.7 Å². The van der Waals surface area contributed by atoms with E-state index in [1.165, 1.54) is 38.5 Å². The molecule has 4 N–H and O–H groups in total. The number of anilines is 1. The Balaban J connectivity index is 0.00000196. The van der Waals surface area contributed by atoms with Crippen molar-refractivity contribution in [3.05, 3.63) is 95.3 Å². The summed E-state index contributed by atoms with van der Waals surface area (Å²) in [7, 11) is 2.91. The summed E-state index contributed by atoms with van der Waals surface area (Å²) in [6.07, 6.45) is 6.79. The molecule has 0 aromatic heterocycles. The SMILES string of the molecule is CC.COc1cc(/C=C/C(O)=C/C(=O)C2C3CCCCN3C3(C(=O)Nc4ccccc43)C2c2ccc(O)c(OC)c2)ccc1O. The van der Waals surface area contributed by atoms with E-state index in [2.05, 4.69) is 10.2 Å². The summed E-state index contributed by atoms with van der Waals surface area (Å²) < 4.78 is 10.6. The van der Waals surface area contributed by atoms with Gasteiger partial charge in [-0.2, -0.15) is 0 Å². The Labute approximate surface area is 263 Å². The molecule has 3 aliphatic rings. The third-order valence-electron chi connectivity index (χ3n) is 8.99. The van der Waals surface area contributed by atoms with Crippen LogP contribution in [0.3, 0.4) is 0 Å². The number of rotatable bonds is 7. The van der Waals surface area contributed by atoms with Gasteiger partial charge in [-0.25, -0.2) is 0 Å². The Morgan fingerprint density at radius 3 is 2.40 bits per heavy atom. The Bertz CT molecular complexity index is 1650. The van der Waals surface area contributed by atoms with Gasteiger partial charge < -0.3 is 30.1 Å². The lowest BCUT2D eigenvalue weighted by Gasteiger charge is -2.41. The minimum atomic E-state index is -1.16.